The molecule has 0 unspecified atom stereocenters. The number of para-hydroxylation sites is 1. The molecule has 0 saturated heterocycles. The fourth-order valence-corrected chi connectivity index (χ4v) is 1.13. The highest BCUT2D eigenvalue weighted by molar-refractivity contribution is 5.77. The van der Waals surface area contributed by atoms with Gasteiger partial charge in [0.15, 0.2) is 6.61 Å². The second-order valence-electron chi connectivity index (χ2n) is 4.20. The first-order chi connectivity index (χ1) is 7.59. The minimum atomic E-state index is -0.0787. The van der Waals surface area contributed by atoms with Gasteiger partial charge in [-0.2, -0.15) is 0 Å². The first-order valence-electron chi connectivity index (χ1n) is 5.57. The van der Waals surface area contributed by atoms with Gasteiger partial charge in [-0.05, 0) is 25.0 Å². The summed E-state index contributed by atoms with van der Waals surface area (Å²) < 4.78 is 5.34. The summed E-state index contributed by atoms with van der Waals surface area (Å²) in [5.41, 5.74) is 0. The zero-order chi connectivity index (χ0) is 12.0. The Bertz CT molecular complexity index is 322. The van der Waals surface area contributed by atoms with Crippen molar-refractivity contribution in [1.82, 2.24) is 5.32 Å². The summed E-state index contributed by atoms with van der Waals surface area (Å²) in [4.78, 5) is 11.5. The third-order valence-corrected chi connectivity index (χ3v) is 2.50. The number of carbonyl (C=O) groups excluding carboxylic acids is 1. The molecule has 0 saturated carbocycles. The fraction of sp³-hybridized carbons (Fsp3) is 0.462. The molecule has 0 radical (unpaired) electrons. The van der Waals surface area contributed by atoms with Crippen LogP contribution in [0.2, 0.25) is 0 Å². The molecule has 0 fully saturated rings. The van der Waals surface area contributed by atoms with Crippen LogP contribution in [0.4, 0.5) is 0 Å². The Hall–Kier alpha value is -1.51. The summed E-state index contributed by atoms with van der Waals surface area (Å²) in [5.74, 6) is 1.07. The Morgan fingerprint density at radius 3 is 2.44 bits per heavy atom. The number of nitrogens with one attached hydrogen (secondary N) is 1. The first kappa shape index (κ1) is 12.6. The average molecular weight is 221 g/mol. The first-order valence-corrected chi connectivity index (χ1v) is 5.57. The summed E-state index contributed by atoms with van der Waals surface area (Å²) in [6.07, 6.45) is 0. The van der Waals surface area contributed by atoms with Crippen LogP contribution < -0.4 is 10.1 Å². The topological polar surface area (TPSA) is 38.3 Å². The zero-order valence-electron chi connectivity index (χ0n) is 10.1. The van der Waals surface area contributed by atoms with Crippen LogP contribution >= 0.6 is 0 Å². The van der Waals surface area contributed by atoms with Crippen molar-refractivity contribution in [3.63, 3.8) is 0 Å². The highest BCUT2D eigenvalue weighted by atomic mass is 16.5. The van der Waals surface area contributed by atoms with E-state index in [1.54, 1.807) is 0 Å². The second-order valence-corrected chi connectivity index (χ2v) is 4.20. The largest absolute Gasteiger partial charge is 0.484 e. The van der Waals surface area contributed by atoms with E-state index in [0.29, 0.717) is 5.92 Å². The second kappa shape index (κ2) is 6.16. The number of hydrogen-bond donors (Lipinski definition) is 1. The van der Waals surface area contributed by atoms with Crippen molar-refractivity contribution >= 4 is 5.91 Å². The molecule has 0 spiro atoms. The van der Waals surface area contributed by atoms with Crippen LogP contribution in [-0.4, -0.2) is 18.6 Å². The maximum atomic E-state index is 11.5. The summed E-state index contributed by atoms with van der Waals surface area (Å²) in [5, 5.41) is 2.89. The molecule has 0 aliphatic heterocycles. The predicted octanol–water partition coefficient (Wildman–Crippen LogP) is 2.23. The Morgan fingerprint density at radius 1 is 1.25 bits per heavy atom. The van der Waals surface area contributed by atoms with Crippen LogP contribution in [0.1, 0.15) is 20.8 Å². The van der Waals surface area contributed by atoms with Gasteiger partial charge in [0.25, 0.3) is 5.91 Å². The van der Waals surface area contributed by atoms with Gasteiger partial charge in [0, 0.05) is 6.04 Å². The van der Waals surface area contributed by atoms with E-state index in [2.05, 4.69) is 19.2 Å². The lowest BCUT2D eigenvalue weighted by atomic mass is 10.1. The van der Waals surface area contributed by atoms with Crippen molar-refractivity contribution in [1.29, 1.82) is 0 Å². The van der Waals surface area contributed by atoms with Crippen molar-refractivity contribution in [2.75, 3.05) is 6.61 Å². The SMILES string of the molecule is CC(C)[C@@H](C)NC(=O)COc1ccccc1. The lowest BCUT2D eigenvalue weighted by Crippen LogP contribution is -2.38. The lowest BCUT2D eigenvalue weighted by molar-refractivity contribution is -0.124. The van der Waals surface area contributed by atoms with Crippen molar-refractivity contribution < 1.29 is 9.53 Å². The zero-order valence-corrected chi connectivity index (χ0v) is 10.1. The van der Waals surface area contributed by atoms with E-state index in [9.17, 15) is 4.79 Å². The third kappa shape index (κ3) is 4.34. The van der Waals surface area contributed by atoms with Gasteiger partial charge >= 0.3 is 0 Å². The normalized spacial score (nSPS) is 12.2. The molecular weight excluding hydrogens is 202 g/mol. The molecule has 1 N–H and O–H groups in total. The molecule has 0 heterocycles. The number of ether oxygens (including phenoxy) is 1. The van der Waals surface area contributed by atoms with Gasteiger partial charge in [-0.1, -0.05) is 32.0 Å². The molecule has 1 aromatic carbocycles. The molecule has 1 atom stereocenters. The molecule has 3 nitrogen and oxygen atoms in total. The number of hydrogen-bond acceptors (Lipinski definition) is 2. The minimum Gasteiger partial charge on any atom is -0.484 e. The van der Waals surface area contributed by atoms with E-state index in [1.165, 1.54) is 0 Å². The highest BCUT2D eigenvalue weighted by Gasteiger charge is 2.10. The predicted molar refractivity (Wildman–Crippen MR) is 64.4 cm³/mol. The number of amides is 1. The Kier molecular flexibility index (Phi) is 4.83. The van der Waals surface area contributed by atoms with Crippen LogP contribution in [0.25, 0.3) is 0 Å². The van der Waals surface area contributed by atoms with Crippen molar-refractivity contribution in [2.45, 2.75) is 26.8 Å². The van der Waals surface area contributed by atoms with Crippen LogP contribution in [0.5, 0.6) is 5.75 Å². The molecule has 3 heteroatoms. The Morgan fingerprint density at radius 2 is 1.88 bits per heavy atom. The maximum Gasteiger partial charge on any atom is 0.258 e. The van der Waals surface area contributed by atoms with E-state index < -0.39 is 0 Å². The van der Waals surface area contributed by atoms with Gasteiger partial charge in [-0.15, -0.1) is 0 Å². The van der Waals surface area contributed by atoms with Crippen LogP contribution in [0.3, 0.4) is 0 Å². The minimum absolute atomic E-state index is 0.0705. The third-order valence-electron chi connectivity index (χ3n) is 2.50. The van der Waals surface area contributed by atoms with Crippen LogP contribution in [0, 0.1) is 5.92 Å². The van der Waals surface area contributed by atoms with Gasteiger partial charge in [0.1, 0.15) is 5.75 Å². The van der Waals surface area contributed by atoms with Gasteiger partial charge < -0.3 is 10.1 Å². The van der Waals surface area contributed by atoms with Crippen LogP contribution in [0.15, 0.2) is 30.3 Å². The van der Waals surface area contributed by atoms with Crippen molar-refractivity contribution in [3.8, 4) is 5.75 Å². The molecule has 1 rings (SSSR count). The summed E-state index contributed by atoms with van der Waals surface area (Å²) in [6.45, 7) is 6.21. The number of rotatable bonds is 5. The van der Waals surface area contributed by atoms with Gasteiger partial charge in [-0.25, -0.2) is 0 Å². The molecule has 1 amide bonds. The summed E-state index contributed by atoms with van der Waals surface area (Å²) in [6, 6.07) is 9.51. The monoisotopic (exact) mass is 221 g/mol. The summed E-state index contributed by atoms with van der Waals surface area (Å²) >= 11 is 0. The van der Waals surface area contributed by atoms with Crippen molar-refractivity contribution in [3.05, 3.63) is 30.3 Å². The van der Waals surface area contributed by atoms with E-state index in [1.807, 2.05) is 37.3 Å². The molecular formula is C13H19NO2. The average Bonchev–Trinajstić information content (AvgIpc) is 2.27. The molecule has 88 valence electrons. The molecule has 1 aromatic rings. The summed E-state index contributed by atoms with van der Waals surface area (Å²) in [7, 11) is 0. The van der Waals surface area contributed by atoms with Gasteiger partial charge in [-0.3, -0.25) is 4.79 Å². The quantitative estimate of drug-likeness (QED) is 0.828. The molecule has 0 aliphatic rings. The highest BCUT2D eigenvalue weighted by Crippen LogP contribution is 2.07. The van der Waals surface area contributed by atoms with Gasteiger partial charge in [0.05, 0.1) is 0 Å². The van der Waals surface area contributed by atoms with Crippen molar-refractivity contribution in [2.24, 2.45) is 5.92 Å². The Balaban J connectivity index is 2.31. The molecule has 0 aromatic heterocycles. The number of carbonyl (C=O) groups is 1. The smallest absolute Gasteiger partial charge is 0.258 e. The molecule has 16 heavy (non-hydrogen) atoms. The molecule has 0 bridgehead atoms. The number of benzene rings is 1. The lowest BCUT2D eigenvalue weighted by Gasteiger charge is -2.17. The maximum absolute atomic E-state index is 11.5. The van der Waals surface area contributed by atoms with E-state index >= 15 is 0 Å². The van der Waals surface area contributed by atoms with E-state index in [0.717, 1.165) is 5.75 Å². The van der Waals surface area contributed by atoms with E-state index in [4.69, 9.17) is 4.74 Å². The fourth-order valence-electron chi connectivity index (χ4n) is 1.13. The van der Waals surface area contributed by atoms with Crippen LogP contribution in [-0.2, 0) is 4.79 Å². The standard InChI is InChI=1S/C13H19NO2/c1-10(2)11(3)14-13(15)9-16-12-7-5-4-6-8-12/h4-8,10-11H,9H2,1-3H3,(H,14,15)/t11-/m1/s1. The van der Waals surface area contributed by atoms with Gasteiger partial charge in [0.2, 0.25) is 0 Å². The van der Waals surface area contributed by atoms with E-state index in [-0.39, 0.29) is 18.6 Å². The Labute approximate surface area is 96.8 Å². The molecule has 0 aliphatic carbocycles.